The van der Waals surface area contributed by atoms with Crippen LogP contribution in [0.15, 0.2) is 47.6 Å². The van der Waals surface area contributed by atoms with Gasteiger partial charge in [0.1, 0.15) is 11.6 Å². The third kappa shape index (κ3) is 5.92. The first-order valence-corrected chi connectivity index (χ1v) is 9.71. The Hall–Kier alpha value is -2.67. The van der Waals surface area contributed by atoms with E-state index in [9.17, 15) is 4.39 Å². The highest BCUT2D eigenvalue weighted by atomic mass is 19.1. The van der Waals surface area contributed by atoms with Crippen molar-refractivity contribution in [3.63, 3.8) is 0 Å². The molecule has 1 saturated heterocycles. The topological polar surface area (TPSA) is 55.8 Å². The second-order valence-electron chi connectivity index (χ2n) is 7.04. The molecule has 2 aromatic rings. The summed E-state index contributed by atoms with van der Waals surface area (Å²) < 4.78 is 13.0. The molecule has 2 heterocycles. The van der Waals surface area contributed by atoms with Gasteiger partial charge in [0.05, 0.1) is 0 Å². The Morgan fingerprint density at radius 1 is 1.07 bits per heavy atom. The highest BCUT2D eigenvalue weighted by Gasteiger charge is 2.15. The molecule has 0 radical (unpaired) electrons. The highest BCUT2D eigenvalue weighted by Crippen LogP contribution is 2.14. The molecule has 0 bridgehead atoms. The van der Waals surface area contributed by atoms with Crippen molar-refractivity contribution in [1.82, 2.24) is 20.5 Å². The number of nitrogens with zero attached hydrogens (tertiary/aromatic N) is 4. The van der Waals surface area contributed by atoms with Gasteiger partial charge in [0.2, 0.25) is 0 Å². The number of nitrogens with one attached hydrogen (secondary N) is 2. The van der Waals surface area contributed by atoms with E-state index in [0.717, 1.165) is 56.5 Å². The van der Waals surface area contributed by atoms with Crippen LogP contribution >= 0.6 is 0 Å². The zero-order valence-electron chi connectivity index (χ0n) is 16.7. The van der Waals surface area contributed by atoms with Gasteiger partial charge >= 0.3 is 0 Å². The zero-order valence-corrected chi connectivity index (χ0v) is 16.7. The lowest BCUT2D eigenvalue weighted by Gasteiger charge is -2.33. The van der Waals surface area contributed by atoms with Crippen LogP contribution in [-0.4, -0.2) is 62.7 Å². The molecular formula is C21H29FN6. The van der Waals surface area contributed by atoms with Gasteiger partial charge in [-0.3, -0.25) is 4.99 Å². The summed E-state index contributed by atoms with van der Waals surface area (Å²) in [7, 11) is 3.91. The molecule has 2 N–H and O–H groups in total. The molecule has 0 unspecified atom stereocenters. The van der Waals surface area contributed by atoms with Crippen molar-refractivity contribution < 1.29 is 4.39 Å². The number of pyridine rings is 1. The number of aromatic nitrogens is 1. The van der Waals surface area contributed by atoms with Crippen LogP contribution in [0, 0.1) is 5.82 Å². The molecular weight excluding hydrogens is 355 g/mol. The van der Waals surface area contributed by atoms with E-state index in [1.165, 1.54) is 17.7 Å². The minimum Gasteiger partial charge on any atom is -0.356 e. The summed E-state index contributed by atoms with van der Waals surface area (Å²) in [5.74, 6) is 1.58. The fourth-order valence-corrected chi connectivity index (χ4v) is 3.16. The van der Waals surface area contributed by atoms with E-state index in [1.54, 1.807) is 7.05 Å². The van der Waals surface area contributed by atoms with E-state index in [2.05, 4.69) is 43.5 Å². The molecule has 150 valence electrons. The first-order chi connectivity index (χ1) is 13.6. The Labute approximate surface area is 166 Å². The standard InChI is InChI=1S/C21H29FN6/c1-23-21(25-10-7-17-3-5-19(22)6-4-17)26-16-18-8-9-24-20(15-18)28-13-11-27(2)12-14-28/h3-6,8-9,15H,7,10-14,16H2,1-2H3,(H2,23,25,26). The molecule has 1 aromatic heterocycles. The maximum atomic E-state index is 13.0. The van der Waals surface area contributed by atoms with Crippen molar-refractivity contribution in [1.29, 1.82) is 0 Å². The Kier molecular flexibility index (Phi) is 7.19. The summed E-state index contributed by atoms with van der Waals surface area (Å²) in [6, 6.07) is 10.8. The summed E-state index contributed by atoms with van der Waals surface area (Å²) in [4.78, 5) is 13.5. The van der Waals surface area contributed by atoms with E-state index >= 15 is 0 Å². The third-order valence-electron chi connectivity index (χ3n) is 4.94. The van der Waals surface area contributed by atoms with Crippen LogP contribution in [0.2, 0.25) is 0 Å². The largest absolute Gasteiger partial charge is 0.356 e. The normalized spacial score (nSPS) is 15.5. The van der Waals surface area contributed by atoms with Crippen LogP contribution in [-0.2, 0) is 13.0 Å². The predicted molar refractivity (Wildman–Crippen MR) is 112 cm³/mol. The summed E-state index contributed by atoms with van der Waals surface area (Å²) in [6.45, 7) is 5.55. The smallest absolute Gasteiger partial charge is 0.191 e. The monoisotopic (exact) mass is 384 g/mol. The van der Waals surface area contributed by atoms with Gasteiger partial charge in [0, 0.05) is 52.5 Å². The predicted octanol–water partition coefficient (Wildman–Crippen LogP) is 1.88. The van der Waals surface area contributed by atoms with Gasteiger partial charge in [-0.15, -0.1) is 0 Å². The summed E-state index contributed by atoms with van der Waals surface area (Å²) in [5.41, 5.74) is 2.26. The van der Waals surface area contributed by atoms with E-state index in [0.29, 0.717) is 6.54 Å². The molecule has 0 aliphatic carbocycles. The molecule has 0 amide bonds. The van der Waals surface area contributed by atoms with Crippen LogP contribution in [0.5, 0.6) is 0 Å². The van der Waals surface area contributed by atoms with Gasteiger partial charge in [-0.1, -0.05) is 12.1 Å². The van der Waals surface area contributed by atoms with Crippen molar-refractivity contribution in [3.05, 3.63) is 59.5 Å². The molecule has 7 heteroatoms. The number of hydrogen-bond donors (Lipinski definition) is 2. The molecule has 0 spiro atoms. The molecule has 28 heavy (non-hydrogen) atoms. The number of halogens is 1. The summed E-state index contributed by atoms with van der Waals surface area (Å²) in [6.07, 6.45) is 2.68. The second-order valence-corrected chi connectivity index (χ2v) is 7.04. The Balaban J connectivity index is 1.46. The molecule has 1 aromatic carbocycles. The zero-order chi connectivity index (χ0) is 19.8. The van der Waals surface area contributed by atoms with Crippen molar-refractivity contribution in [2.24, 2.45) is 4.99 Å². The van der Waals surface area contributed by atoms with E-state index < -0.39 is 0 Å². The average molecular weight is 385 g/mol. The van der Waals surface area contributed by atoms with Gasteiger partial charge in [-0.25, -0.2) is 9.37 Å². The van der Waals surface area contributed by atoms with Crippen LogP contribution in [0.25, 0.3) is 0 Å². The van der Waals surface area contributed by atoms with E-state index in [-0.39, 0.29) is 5.82 Å². The number of hydrogen-bond acceptors (Lipinski definition) is 4. The molecule has 1 aliphatic heterocycles. The van der Waals surface area contributed by atoms with E-state index in [4.69, 9.17) is 0 Å². The molecule has 0 saturated carbocycles. The van der Waals surface area contributed by atoms with Crippen LogP contribution in [0.4, 0.5) is 10.2 Å². The van der Waals surface area contributed by atoms with Crippen molar-refractivity contribution >= 4 is 11.8 Å². The maximum absolute atomic E-state index is 13.0. The number of anilines is 1. The fraction of sp³-hybridized carbons (Fsp3) is 0.429. The van der Waals surface area contributed by atoms with Crippen LogP contribution in [0.1, 0.15) is 11.1 Å². The number of benzene rings is 1. The van der Waals surface area contributed by atoms with Gasteiger partial charge in [-0.05, 0) is 48.9 Å². The Morgan fingerprint density at radius 2 is 1.82 bits per heavy atom. The SMILES string of the molecule is CN=C(NCCc1ccc(F)cc1)NCc1ccnc(N2CCN(C)CC2)c1. The van der Waals surface area contributed by atoms with Crippen molar-refractivity contribution in [3.8, 4) is 0 Å². The first kappa shape index (κ1) is 20.1. The fourth-order valence-electron chi connectivity index (χ4n) is 3.16. The maximum Gasteiger partial charge on any atom is 0.191 e. The molecule has 6 nitrogen and oxygen atoms in total. The van der Waals surface area contributed by atoms with Gasteiger partial charge < -0.3 is 20.4 Å². The quantitative estimate of drug-likeness (QED) is 0.588. The summed E-state index contributed by atoms with van der Waals surface area (Å²) >= 11 is 0. The van der Waals surface area contributed by atoms with Crippen molar-refractivity contribution in [2.45, 2.75) is 13.0 Å². The van der Waals surface area contributed by atoms with Crippen LogP contribution in [0.3, 0.4) is 0 Å². The second kappa shape index (κ2) is 10.0. The Bertz CT molecular complexity index is 769. The van der Waals surface area contributed by atoms with Gasteiger partial charge in [0.25, 0.3) is 0 Å². The lowest BCUT2D eigenvalue weighted by atomic mass is 10.1. The number of guanidine groups is 1. The Morgan fingerprint density at radius 3 is 2.54 bits per heavy atom. The molecule has 1 aliphatic rings. The lowest BCUT2D eigenvalue weighted by Crippen LogP contribution is -2.44. The average Bonchev–Trinajstić information content (AvgIpc) is 2.72. The first-order valence-electron chi connectivity index (χ1n) is 9.71. The third-order valence-corrected chi connectivity index (χ3v) is 4.94. The number of piperazine rings is 1. The number of likely N-dealkylation sites (N-methyl/N-ethyl adjacent to an activating group) is 1. The van der Waals surface area contributed by atoms with Gasteiger partial charge in [0.15, 0.2) is 5.96 Å². The van der Waals surface area contributed by atoms with E-state index in [1.807, 2.05) is 24.4 Å². The highest BCUT2D eigenvalue weighted by molar-refractivity contribution is 5.79. The minimum atomic E-state index is -0.206. The minimum absolute atomic E-state index is 0.206. The van der Waals surface area contributed by atoms with Crippen LogP contribution < -0.4 is 15.5 Å². The number of rotatable bonds is 6. The summed E-state index contributed by atoms with van der Waals surface area (Å²) in [5, 5.41) is 6.64. The molecule has 0 atom stereocenters. The molecule has 3 rings (SSSR count). The van der Waals surface area contributed by atoms with Gasteiger partial charge in [-0.2, -0.15) is 0 Å². The van der Waals surface area contributed by atoms with Crippen molar-refractivity contribution in [2.75, 3.05) is 51.7 Å². The molecule has 1 fully saturated rings. The number of aliphatic imine (C=N–C) groups is 1. The lowest BCUT2D eigenvalue weighted by molar-refractivity contribution is 0.312.